The van der Waals surface area contributed by atoms with Crippen molar-refractivity contribution in [3.8, 4) is 0 Å². The first kappa shape index (κ1) is 17.0. The van der Waals surface area contributed by atoms with Gasteiger partial charge in [0.15, 0.2) is 0 Å². The fraction of sp³-hybridized carbons (Fsp3) is 0.917. The molecule has 2 rings (SSSR count). The summed E-state index contributed by atoms with van der Waals surface area (Å²) in [4.78, 5) is 11.2. The van der Waals surface area contributed by atoms with Gasteiger partial charge in [-0.3, -0.25) is 4.79 Å². The van der Waals surface area contributed by atoms with Gasteiger partial charge in [-0.25, -0.2) is 0 Å². The maximum absolute atomic E-state index is 11.2. The molecule has 0 aliphatic heterocycles. The van der Waals surface area contributed by atoms with E-state index >= 15 is 0 Å². The highest BCUT2D eigenvalue weighted by Gasteiger charge is 2.62. The highest BCUT2D eigenvalue weighted by atomic mass is 79.9. The average molecular weight is 447 g/mol. The van der Waals surface area contributed by atoms with Gasteiger partial charge in [-0.15, -0.1) is 47.3 Å². The lowest BCUT2D eigenvalue weighted by Crippen LogP contribution is -2.40. The van der Waals surface area contributed by atoms with Crippen LogP contribution in [0.3, 0.4) is 0 Å². The van der Waals surface area contributed by atoms with Crippen LogP contribution in [-0.4, -0.2) is 14.3 Å². The predicted octanol–water partition coefficient (Wildman–Crippen LogP) is 5.08. The van der Waals surface area contributed by atoms with Crippen LogP contribution in [-0.2, 0) is 4.79 Å². The van der Waals surface area contributed by atoms with Crippen LogP contribution in [0.1, 0.15) is 46.5 Å². The lowest BCUT2D eigenvalue weighted by molar-refractivity contribution is -0.148. The molecule has 2 nitrogen and oxygen atoms in total. The molecule has 2 bridgehead atoms. The summed E-state index contributed by atoms with van der Waals surface area (Å²) in [6.07, 6.45) is 4.73. The molecular weight excluding hydrogens is 427 g/mol. The predicted molar refractivity (Wildman–Crippen MR) is 87.5 cm³/mol. The van der Waals surface area contributed by atoms with E-state index < -0.39 is 5.97 Å². The topological polar surface area (TPSA) is 37.3 Å². The molecule has 1 N–H and O–H groups in total. The molecule has 0 amide bonds. The van der Waals surface area contributed by atoms with Gasteiger partial charge in [0.05, 0.1) is 5.92 Å². The fourth-order valence-electron chi connectivity index (χ4n) is 4.13. The number of carboxylic acids is 1. The van der Waals surface area contributed by atoms with E-state index in [9.17, 15) is 9.90 Å². The number of aliphatic carboxylic acids is 1. The van der Waals surface area contributed by atoms with Crippen molar-refractivity contribution in [2.75, 3.05) is 0 Å². The highest BCUT2D eigenvalue weighted by molar-refractivity contribution is 9.69. The lowest BCUT2D eigenvalue weighted by atomic mass is 9.62. The second-order valence-electron chi connectivity index (χ2n) is 5.96. The molecule has 0 saturated heterocycles. The molecular formula is C12H20BBr3O2. The average Bonchev–Trinajstić information content (AvgIpc) is 2.64. The maximum Gasteiger partial charge on any atom is 0.369 e. The second kappa shape index (κ2) is 6.17. The van der Waals surface area contributed by atoms with Gasteiger partial charge in [0, 0.05) is 0 Å². The van der Waals surface area contributed by atoms with Gasteiger partial charge in [0.25, 0.3) is 0 Å². The van der Waals surface area contributed by atoms with E-state index in [0.717, 1.165) is 18.8 Å². The fourth-order valence-corrected chi connectivity index (χ4v) is 4.13. The van der Waals surface area contributed by atoms with Crippen LogP contribution in [0.25, 0.3) is 0 Å². The molecule has 18 heavy (non-hydrogen) atoms. The summed E-state index contributed by atoms with van der Waals surface area (Å²) in [6.45, 7) is 6.45. The zero-order valence-electron chi connectivity index (χ0n) is 11.0. The second-order valence-corrected chi connectivity index (χ2v) is 12.4. The van der Waals surface area contributed by atoms with Gasteiger partial charge in [-0.05, 0) is 42.4 Å². The summed E-state index contributed by atoms with van der Waals surface area (Å²) in [6, 6.07) is 0. The monoisotopic (exact) mass is 444 g/mol. The Hall–Kier alpha value is 0.975. The Morgan fingerprint density at radius 1 is 1.28 bits per heavy atom. The lowest BCUT2D eigenvalue weighted by Gasteiger charge is -2.41. The molecule has 2 aliphatic carbocycles. The number of carbonyl (C=O) groups is 1. The molecule has 0 aromatic heterocycles. The Morgan fingerprint density at radius 2 is 1.67 bits per heavy atom. The molecule has 104 valence electrons. The zero-order chi connectivity index (χ0) is 14.1. The van der Waals surface area contributed by atoms with E-state index in [1.165, 1.54) is 12.8 Å². The van der Waals surface area contributed by atoms with E-state index in [-0.39, 0.29) is 19.9 Å². The number of carboxylic acid groups (broad SMARTS) is 1. The van der Waals surface area contributed by atoms with Gasteiger partial charge in [0.2, 0.25) is 0 Å². The van der Waals surface area contributed by atoms with E-state index in [4.69, 9.17) is 0 Å². The summed E-state index contributed by atoms with van der Waals surface area (Å²) >= 11 is 9.31. The molecule has 0 radical (unpaired) electrons. The number of halogens is 3. The molecule has 6 heteroatoms. The van der Waals surface area contributed by atoms with Crippen LogP contribution in [0.2, 0.25) is 0 Å². The van der Waals surface area contributed by atoms with E-state index in [1.54, 1.807) is 0 Å². The summed E-state index contributed by atoms with van der Waals surface area (Å²) in [5.41, 5.74) is 0.328. The first-order valence-electron chi connectivity index (χ1n) is 6.30. The zero-order valence-corrected chi connectivity index (χ0v) is 15.8. The summed E-state index contributed by atoms with van der Waals surface area (Å²) < 4.78 is 0.271. The molecule has 1 unspecified atom stereocenters. The van der Waals surface area contributed by atoms with Crippen LogP contribution < -0.4 is 0 Å². The third-order valence-corrected chi connectivity index (χ3v) is 5.38. The van der Waals surface area contributed by atoms with Crippen molar-refractivity contribution in [3.05, 3.63) is 0 Å². The molecule has 2 fully saturated rings. The largest absolute Gasteiger partial charge is 0.481 e. The van der Waals surface area contributed by atoms with E-state index in [2.05, 4.69) is 61.1 Å². The smallest absolute Gasteiger partial charge is 0.369 e. The van der Waals surface area contributed by atoms with Crippen molar-refractivity contribution in [3.63, 3.8) is 0 Å². The quantitative estimate of drug-likeness (QED) is 0.601. The van der Waals surface area contributed by atoms with Gasteiger partial charge >= 0.3 is 9.15 Å². The van der Waals surface area contributed by atoms with Gasteiger partial charge in [0.1, 0.15) is 0 Å². The first-order valence-corrected chi connectivity index (χ1v) is 9.05. The van der Waals surface area contributed by atoms with Crippen LogP contribution in [0.15, 0.2) is 0 Å². The SMILES string of the molecule is BrB(Br)Br.CC(C(=O)O)C12CCC(CC1)C2(C)C. The van der Waals surface area contributed by atoms with Gasteiger partial charge in [-0.1, -0.05) is 20.8 Å². The molecule has 0 heterocycles. The van der Waals surface area contributed by atoms with Crippen molar-refractivity contribution in [2.24, 2.45) is 22.7 Å². The van der Waals surface area contributed by atoms with E-state index in [0.29, 0.717) is 0 Å². The van der Waals surface area contributed by atoms with Crippen LogP contribution in [0, 0.1) is 22.7 Å². The Bertz CT molecular complexity index is 310. The number of rotatable bonds is 2. The third-order valence-electron chi connectivity index (χ3n) is 5.38. The minimum absolute atomic E-state index is 0.0868. The number of hydrogen-bond acceptors (Lipinski definition) is 1. The van der Waals surface area contributed by atoms with Crippen molar-refractivity contribution < 1.29 is 9.90 Å². The normalized spacial score (nSPS) is 33.6. The van der Waals surface area contributed by atoms with Crippen molar-refractivity contribution in [1.82, 2.24) is 0 Å². The maximum atomic E-state index is 11.2. The standard InChI is InChI=1S/C12H20O2.BBr3/c1-8(10(13)14)12-6-4-9(5-7-12)11(12,2)3;2-1(3)4/h8-9H,4-7H2,1-3H3,(H,13,14);. The molecule has 0 aromatic carbocycles. The summed E-state index contributed by atoms with van der Waals surface area (Å²) in [5, 5.41) is 9.19. The van der Waals surface area contributed by atoms with Crippen LogP contribution >= 0.6 is 47.3 Å². The molecule has 0 aromatic rings. The van der Waals surface area contributed by atoms with Gasteiger partial charge in [-0.2, -0.15) is 0 Å². The summed E-state index contributed by atoms with van der Waals surface area (Å²) in [7, 11) is 0. The van der Waals surface area contributed by atoms with E-state index in [1.807, 2.05) is 6.92 Å². The Labute approximate surface area is 135 Å². The first-order chi connectivity index (χ1) is 8.15. The highest BCUT2D eigenvalue weighted by Crippen LogP contribution is 2.68. The Morgan fingerprint density at radius 3 is 1.89 bits per heavy atom. The van der Waals surface area contributed by atoms with Crippen LogP contribution in [0.4, 0.5) is 0 Å². The van der Waals surface area contributed by atoms with Crippen molar-refractivity contribution in [1.29, 1.82) is 0 Å². The summed E-state index contributed by atoms with van der Waals surface area (Å²) in [5.74, 6) is -0.0186. The van der Waals surface area contributed by atoms with Crippen molar-refractivity contribution in [2.45, 2.75) is 46.5 Å². The number of fused-ring (bicyclic) bond motifs is 2. The molecule has 2 saturated carbocycles. The van der Waals surface area contributed by atoms with Gasteiger partial charge < -0.3 is 5.11 Å². The molecule has 2 aliphatic rings. The third kappa shape index (κ3) is 3.00. The minimum atomic E-state index is -0.611. The van der Waals surface area contributed by atoms with Crippen LogP contribution in [0.5, 0.6) is 0 Å². The number of hydrogen-bond donors (Lipinski definition) is 1. The minimum Gasteiger partial charge on any atom is -0.481 e. The Balaban J connectivity index is 0.000000357. The molecule has 0 spiro atoms. The Kier molecular flexibility index (Phi) is 5.84. The molecule has 1 atom stereocenters. The van der Waals surface area contributed by atoms with Crippen molar-refractivity contribution >= 4 is 56.4 Å².